The molecular formula is C22H22N2O8. The first kappa shape index (κ1) is 21.8. The molecule has 1 fully saturated rings. The van der Waals surface area contributed by atoms with Crippen LogP contribution in [0.25, 0.3) is 11.3 Å². The Hall–Kier alpha value is -3.47. The van der Waals surface area contributed by atoms with Crippen molar-refractivity contribution in [2.45, 2.75) is 17.7 Å². The van der Waals surface area contributed by atoms with E-state index in [1.54, 1.807) is 0 Å². The van der Waals surface area contributed by atoms with Crippen molar-refractivity contribution in [3.63, 3.8) is 0 Å². The molecular weight excluding hydrogens is 420 g/mol. The fourth-order valence-electron chi connectivity index (χ4n) is 5.21. The summed E-state index contributed by atoms with van der Waals surface area (Å²) in [6, 6.07) is 2.89. The minimum absolute atomic E-state index is 0.124. The van der Waals surface area contributed by atoms with E-state index >= 15 is 0 Å². The Morgan fingerprint density at radius 1 is 1.19 bits per heavy atom. The summed E-state index contributed by atoms with van der Waals surface area (Å²) >= 11 is 0. The number of Topliss-reactive ketones (excluding diaryl/α,β-unsaturated/α-hetero) is 2. The summed E-state index contributed by atoms with van der Waals surface area (Å²) in [6.07, 6.45) is -1.69. The number of nitrogens with two attached hydrogens (primary N) is 1. The van der Waals surface area contributed by atoms with E-state index in [9.17, 15) is 39.9 Å². The Bertz CT molecular complexity index is 1180. The number of fused-ring (bicyclic) bond motifs is 3. The fraction of sp³-hybridized carbons (Fsp3) is 0.318. The van der Waals surface area contributed by atoms with Crippen molar-refractivity contribution < 1.29 is 39.9 Å². The topological polar surface area (TPSA) is 182 Å². The largest absolute Gasteiger partial charge is 0.508 e. The quantitative estimate of drug-likeness (QED) is 0.326. The molecule has 0 heterocycles. The minimum Gasteiger partial charge on any atom is -0.508 e. The average molecular weight is 442 g/mol. The molecule has 7 N–H and O–H groups in total. The summed E-state index contributed by atoms with van der Waals surface area (Å²) < 4.78 is 0. The van der Waals surface area contributed by atoms with Gasteiger partial charge in [-0.1, -0.05) is 18.7 Å². The molecule has 0 spiro atoms. The molecule has 1 aromatic rings. The van der Waals surface area contributed by atoms with Crippen LogP contribution in [0, 0.1) is 11.8 Å². The molecule has 3 aliphatic rings. The number of primary amides is 1. The molecule has 1 aromatic carbocycles. The number of carbonyl (C=O) groups excluding carboxylic acids is 3. The third-order valence-electron chi connectivity index (χ3n) is 6.61. The number of aliphatic hydroxyl groups excluding tert-OH is 3. The van der Waals surface area contributed by atoms with Gasteiger partial charge in [0, 0.05) is 5.92 Å². The van der Waals surface area contributed by atoms with Gasteiger partial charge in [0.1, 0.15) is 22.8 Å². The van der Waals surface area contributed by atoms with Crippen LogP contribution in [0.15, 0.2) is 41.7 Å². The van der Waals surface area contributed by atoms with Gasteiger partial charge in [-0.3, -0.25) is 19.3 Å². The zero-order valence-electron chi connectivity index (χ0n) is 17.2. The first-order valence-corrected chi connectivity index (χ1v) is 9.71. The molecule has 0 bridgehead atoms. The van der Waals surface area contributed by atoms with Crippen molar-refractivity contribution in [2.75, 3.05) is 14.1 Å². The molecule has 0 radical (unpaired) electrons. The monoisotopic (exact) mass is 442 g/mol. The Morgan fingerprint density at radius 2 is 1.81 bits per heavy atom. The molecule has 5 atom stereocenters. The Kier molecular flexibility index (Phi) is 4.60. The number of hydrogen-bond donors (Lipinski definition) is 6. The van der Waals surface area contributed by atoms with Gasteiger partial charge in [-0.25, -0.2) is 0 Å². The van der Waals surface area contributed by atoms with Gasteiger partial charge in [0.2, 0.25) is 5.78 Å². The van der Waals surface area contributed by atoms with E-state index in [2.05, 4.69) is 6.58 Å². The van der Waals surface area contributed by atoms with Crippen molar-refractivity contribution in [2.24, 2.45) is 17.6 Å². The van der Waals surface area contributed by atoms with Gasteiger partial charge in [-0.2, -0.15) is 0 Å². The van der Waals surface area contributed by atoms with Crippen molar-refractivity contribution in [1.29, 1.82) is 0 Å². The third-order valence-corrected chi connectivity index (χ3v) is 6.61. The van der Waals surface area contributed by atoms with E-state index in [0.717, 1.165) is 0 Å². The number of phenols is 1. The third kappa shape index (κ3) is 2.42. The van der Waals surface area contributed by atoms with Crippen LogP contribution in [0.1, 0.15) is 11.1 Å². The second kappa shape index (κ2) is 6.76. The summed E-state index contributed by atoms with van der Waals surface area (Å²) in [4.78, 5) is 39.8. The van der Waals surface area contributed by atoms with Crippen molar-refractivity contribution in [3.05, 3.63) is 52.8 Å². The van der Waals surface area contributed by atoms with Crippen molar-refractivity contribution in [3.8, 4) is 5.75 Å². The fourth-order valence-corrected chi connectivity index (χ4v) is 5.21. The van der Waals surface area contributed by atoms with Crippen LogP contribution < -0.4 is 5.73 Å². The van der Waals surface area contributed by atoms with E-state index in [1.807, 2.05) is 0 Å². The van der Waals surface area contributed by atoms with Crippen molar-refractivity contribution >= 4 is 28.8 Å². The predicted octanol–water partition coefficient (Wildman–Crippen LogP) is -0.594. The SMILES string of the molecule is C=C1c2cccc(O)c2C(O)=C2C(=O)[C@]3(O)C(O)=C(C(N)=O)C(=O)[C@@H](N(C)C)[C@H]3[C@@H](O)[C@@H]12. The lowest BCUT2D eigenvalue weighted by molar-refractivity contribution is -0.166. The highest BCUT2D eigenvalue weighted by molar-refractivity contribution is 6.25. The van der Waals surface area contributed by atoms with E-state index in [0.29, 0.717) is 0 Å². The van der Waals surface area contributed by atoms with Gasteiger partial charge >= 0.3 is 0 Å². The van der Waals surface area contributed by atoms with E-state index < -0.39 is 69.7 Å². The van der Waals surface area contributed by atoms with E-state index in [-0.39, 0.29) is 22.4 Å². The smallest absolute Gasteiger partial charge is 0.255 e. The molecule has 1 saturated carbocycles. The van der Waals surface area contributed by atoms with Crippen LogP contribution in [0.2, 0.25) is 0 Å². The summed E-state index contributed by atoms with van der Waals surface area (Å²) in [5, 5.41) is 54.7. The average Bonchev–Trinajstić information content (AvgIpc) is 2.70. The van der Waals surface area contributed by atoms with Gasteiger partial charge in [0.15, 0.2) is 11.4 Å². The lowest BCUT2D eigenvalue weighted by Crippen LogP contribution is -2.70. The highest BCUT2D eigenvalue weighted by Crippen LogP contribution is 2.55. The number of benzene rings is 1. The molecule has 0 unspecified atom stereocenters. The lowest BCUT2D eigenvalue weighted by Gasteiger charge is -2.52. The molecule has 168 valence electrons. The molecule has 0 aliphatic heterocycles. The van der Waals surface area contributed by atoms with Crippen LogP contribution in [0.3, 0.4) is 0 Å². The maximum atomic E-state index is 13.6. The second-order valence-electron chi connectivity index (χ2n) is 8.44. The highest BCUT2D eigenvalue weighted by atomic mass is 16.4. The highest BCUT2D eigenvalue weighted by Gasteiger charge is 2.68. The van der Waals surface area contributed by atoms with Gasteiger partial charge < -0.3 is 31.3 Å². The van der Waals surface area contributed by atoms with Gasteiger partial charge in [-0.15, -0.1) is 0 Å². The normalized spacial score (nSPS) is 32.1. The number of nitrogens with zero attached hydrogens (tertiary/aromatic N) is 1. The number of ketones is 2. The summed E-state index contributed by atoms with van der Waals surface area (Å²) in [5.41, 5.74) is 1.16. The molecule has 32 heavy (non-hydrogen) atoms. The first-order chi connectivity index (χ1) is 14.9. The predicted molar refractivity (Wildman–Crippen MR) is 111 cm³/mol. The Labute approximate surface area is 182 Å². The summed E-state index contributed by atoms with van der Waals surface area (Å²) in [6.45, 7) is 3.91. The van der Waals surface area contributed by atoms with Gasteiger partial charge in [0.05, 0.1) is 29.2 Å². The maximum Gasteiger partial charge on any atom is 0.255 e. The minimum atomic E-state index is -2.94. The molecule has 10 nitrogen and oxygen atoms in total. The molecule has 4 rings (SSSR count). The summed E-state index contributed by atoms with van der Waals surface area (Å²) in [7, 11) is 2.88. The standard InChI is InChI=1S/C22H22N2O8/c1-7-8-5-4-6-9(25)11(8)16(26)12-10(7)17(27)14-15(24(2)3)18(28)13(21(23)31)20(30)22(14,32)19(12)29/h4-6,10,14-15,17,25-27,30,32H,1H2,2-3H3,(H2,23,31)/t10-,14-,15-,17-,22-/m0/s1. The second-order valence-corrected chi connectivity index (χ2v) is 8.44. The zero-order valence-corrected chi connectivity index (χ0v) is 17.2. The Balaban J connectivity index is 2.08. The lowest BCUT2D eigenvalue weighted by atomic mass is 9.55. The van der Waals surface area contributed by atoms with Crippen LogP contribution >= 0.6 is 0 Å². The molecule has 0 aromatic heterocycles. The van der Waals surface area contributed by atoms with Crippen LogP contribution in [0.4, 0.5) is 0 Å². The molecule has 10 heteroatoms. The van der Waals surface area contributed by atoms with Gasteiger partial charge in [-0.05, 0) is 31.3 Å². The number of aromatic hydroxyl groups is 1. The number of likely N-dealkylation sites (N-methyl/N-ethyl adjacent to an activating group) is 1. The molecule has 1 amide bonds. The number of phenolic OH excluding ortho intramolecular Hbond substituents is 1. The number of carbonyl (C=O) groups is 3. The van der Waals surface area contributed by atoms with Crippen LogP contribution in [0.5, 0.6) is 5.75 Å². The van der Waals surface area contributed by atoms with E-state index in [4.69, 9.17) is 5.73 Å². The molecule has 0 saturated heterocycles. The molecule has 3 aliphatic carbocycles. The summed E-state index contributed by atoms with van der Waals surface area (Å²) in [5.74, 6) is -8.78. The first-order valence-electron chi connectivity index (χ1n) is 9.71. The van der Waals surface area contributed by atoms with Crippen LogP contribution in [-0.4, -0.2) is 79.7 Å². The number of amides is 1. The van der Waals surface area contributed by atoms with Crippen molar-refractivity contribution in [1.82, 2.24) is 4.90 Å². The van der Waals surface area contributed by atoms with E-state index in [1.165, 1.54) is 37.2 Å². The van der Waals surface area contributed by atoms with Gasteiger partial charge in [0.25, 0.3) is 5.91 Å². The number of rotatable bonds is 2. The number of aliphatic hydroxyl groups is 4. The maximum absolute atomic E-state index is 13.6. The number of hydrogen-bond acceptors (Lipinski definition) is 9. The Morgan fingerprint density at radius 3 is 2.38 bits per heavy atom. The zero-order chi connectivity index (χ0) is 23.9. The van der Waals surface area contributed by atoms with Crippen LogP contribution in [-0.2, 0) is 14.4 Å².